The monoisotopic (exact) mass is 382 g/mol. The quantitative estimate of drug-likeness (QED) is 0.775. The van der Waals surface area contributed by atoms with Gasteiger partial charge in [-0.25, -0.2) is 4.39 Å². The minimum atomic E-state index is -1.62. The largest absolute Gasteiger partial charge is 0.497 e. The lowest BCUT2D eigenvalue weighted by molar-refractivity contribution is -0.146. The van der Waals surface area contributed by atoms with Crippen LogP contribution in [-0.2, 0) is 14.3 Å². The fraction of sp³-hybridized carbons (Fsp3) is 0.286. The van der Waals surface area contributed by atoms with Gasteiger partial charge in [0.25, 0.3) is 0 Å². The molecule has 28 heavy (non-hydrogen) atoms. The second kappa shape index (κ2) is 7.69. The van der Waals surface area contributed by atoms with Gasteiger partial charge in [-0.2, -0.15) is 5.26 Å². The van der Waals surface area contributed by atoms with Crippen LogP contribution in [0.2, 0.25) is 0 Å². The number of nitrogens with zero attached hydrogens (tertiary/aromatic N) is 1. The lowest BCUT2D eigenvalue weighted by atomic mass is 9.99. The van der Waals surface area contributed by atoms with Crippen LogP contribution in [0.5, 0.6) is 5.75 Å². The van der Waals surface area contributed by atoms with Gasteiger partial charge in [-0.3, -0.25) is 9.59 Å². The Morgan fingerprint density at radius 2 is 1.82 bits per heavy atom. The van der Waals surface area contributed by atoms with Crippen LogP contribution in [0, 0.1) is 28.5 Å². The van der Waals surface area contributed by atoms with E-state index in [0.29, 0.717) is 17.0 Å². The number of carbonyl (C=O) groups is 2. The van der Waals surface area contributed by atoms with Crippen molar-refractivity contribution in [2.24, 2.45) is 11.3 Å². The summed E-state index contributed by atoms with van der Waals surface area (Å²) in [5.74, 6) is -2.72. The second-order valence-electron chi connectivity index (χ2n) is 6.42. The molecule has 0 saturated heterocycles. The Labute approximate surface area is 161 Å². The summed E-state index contributed by atoms with van der Waals surface area (Å²) in [5.41, 5.74) is -0.622. The van der Waals surface area contributed by atoms with Gasteiger partial charge in [-0.1, -0.05) is 12.1 Å². The van der Waals surface area contributed by atoms with Crippen molar-refractivity contribution in [3.8, 4) is 11.8 Å². The molecule has 0 aliphatic heterocycles. The van der Waals surface area contributed by atoms with E-state index in [1.807, 2.05) is 6.07 Å². The summed E-state index contributed by atoms with van der Waals surface area (Å²) < 4.78 is 23.4. The molecule has 0 heterocycles. The molecule has 0 unspecified atom stereocenters. The Morgan fingerprint density at radius 3 is 2.36 bits per heavy atom. The summed E-state index contributed by atoms with van der Waals surface area (Å²) in [7, 11) is 1.53. The van der Waals surface area contributed by atoms with Gasteiger partial charge in [-0.15, -0.1) is 0 Å². The zero-order valence-electron chi connectivity index (χ0n) is 15.4. The summed E-state index contributed by atoms with van der Waals surface area (Å²) in [5, 5.41) is 12.5. The Kier molecular flexibility index (Phi) is 5.32. The van der Waals surface area contributed by atoms with E-state index < -0.39 is 34.9 Å². The molecule has 1 N–H and O–H groups in total. The highest BCUT2D eigenvalue weighted by Gasteiger charge is 2.75. The van der Waals surface area contributed by atoms with Crippen LogP contribution in [-0.4, -0.2) is 25.6 Å². The molecule has 0 bridgehead atoms. The molecule has 6 nitrogen and oxygen atoms in total. The number of esters is 1. The number of carbonyl (C=O) groups excluding carboxylic acids is 2. The molecule has 1 fully saturated rings. The fourth-order valence-corrected chi connectivity index (χ4v) is 3.45. The number of rotatable bonds is 6. The second-order valence-corrected chi connectivity index (χ2v) is 6.42. The third kappa shape index (κ3) is 3.29. The van der Waals surface area contributed by atoms with Gasteiger partial charge in [0.1, 0.15) is 11.6 Å². The smallest absolute Gasteiger partial charge is 0.311 e. The Morgan fingerprint density at radius 1 is 1.18 bits per heavy atom. The number of halogens is 1. The van der Waals surface area contributed by atoms with Crippen LogP contribution in [0.4, 0.5) is 10.1 Å². The Hall–Kier alpha value is -3.40. The first-order valence-corrected chi connectivity index (χ1v) is 8.76. The molecule has 3 atom stereocenters. The average molecular weight is 382 g/mol. The summed E-state index contributed by atoms with van der Waals surface area (Å²) in [6, 6.07) is 14.1. The number of methoxy groups -OCH3 is 1. The molecule has 2 aromatic carbocycles. The molecule has 1 aliphatic carbocycles. The van der Waals surface area contributed by atoms with Crippen LogP contribution in [0.25, 0.3) is 0 Å². The van der Waals surface area contributed by atoms with Crippen LogP contribution >= 0.6 is 0 Å². The molecule has 1 amide bonds. The first kappa shape index (κ1) is 19.4. The standard InChI is InChI=1S/C21H19FN2O4/c1-3-28-19(25)18-17(13-4-6-14(22)7-5-13)21(18,12-23)20(26)24-15-8-10-16(27-2)11-9-15/h4-11,17-18H,3H2,1-2H3,(H,24,26)/t17-,18-,21+/m1/s1. The van der Waals surface area contributed by atoms with Crippen LogP contribution in [0.3, 0.4) is 0 Å². The number of hydrogen-bond acceptors (Lipinski definition) is 5. The molecular formula is C21H19FN2O4. The van der Waals surface area contributed by atoms with Crippen molar-refractivity contribution in [2.75, 3.05) is 19.0 Å². The first-order chi connectivity index (χ1) is 13.5. The first-order valence-electron chi connectivity index (χ1n) is 8.76. The number of hydrogen-bond donors (Lipinski definition) is 1. The van der Waals surface area contributed by atoms with Crippen molar-refractivity contribution in [3.05, 3.63) is 59.9 Å². The van der Waals surface area contributed by atoms with Crippen molar-refractivity contribution in [3.63, 3.8) is 0 Å². The van der Waals surface area contributed by atoms with Crippen molar-refractivity contribution in [1.82, 2.24) is 0 Å². The van der Waals surface area contributed by atoms with Gasteiger partial charge in [0.2, 0.25) is 5.91 Å². The van der Waals surface area contributed by atoms with E-state index in [9.17, 15) is 19.2 Å². The summed E-state index contributed by atoms with van der Waals surface area (Å²) in [6.07, 6.45) is 0. The lowest BCUT2D eigenvalue weighted by Gasteiger charge is -2.11. The van der Waals surface area contributed by atoms with Gasteiger partial charge in [0.05, 0.1) is 25.7 Å². The number of ether oxygens (including phenoxy) is 2. The molecule has 0 radical (unpaired) electrons. The predicted molar refractivity (Wildman–Crippen MR) is 98.9 cm³/mol. The van der Waals surface area contributed by atoms with Crippen molar-refractivity contribution >= 4 is 17.6 Å². The molecular weight excluding hydrogens is 363 g/mol. The van der Waals surface area contributed by atoms with E-state index >= 15 is 0 Å². The number of benzene rings is 2. The number of anilines is 1. The molecule has 1 aliphatic rings. The number of amides is 1. The van der Waals surface area contributed by atoms with E-state index in [4.69, 9.17) is 9.47 Å². The summed E-state index contributed by atoms with van der Waals surface area (Å²) in [4.78, 5) is 25.4. The van der Waals surface area contributed by atoms with E-state index in [-0.39, 0.29) is 6.61 Å². The third-order valence-corrected chi connectivity index (χ3v) is 4.88. The zero-order chi connectivity index (χ0) is 20.3. The number of nitriles is 1. The van der Waals surface area contributed by atoms with E-state index in [1.165, 1.54) is 31.4 Å². The molecule has 1 saturated carbocycles. The molecule has 144 valence electrons. The van der Waals surface area contributed by atoms with Crippen molar-refractivity contribution in [1.29, 1.82) is 5.26 Å². The normalized spacial score (nSPS) is 22.6. The van der Waals surface area contributed by atoms with Crippen LogP contribution < -0.4 is 10.1 Å². The topological polar surface area (TPSA) is 88.4 Å². The maximum absolute atomic E-state index is 13.3. The van der Waals surface area contributed by atoms with E-state index in [1.54, 1.807) is 31.2 Å². The SMILES string of the molecule is CCOC(=O)[C@H]1[C@@H](c2ccc(F)cc2)[C@]1(C#N)C(=O)Nc1ccc(OC)cc1. The van der Waals surface area contributed by atoms with E-state index in [0.717, 1.165) is 0 Å². The molecule has 7 heteroatoms. The maximum Gasteiger partial charge on any atom is 0.311 e. The van der Waals surface area contributed by atoms with Gasteiger partial charge < -0.3 is 14.8 Å². The highest BCUT2D eigenvalue weighted by atomic mass is 19.1. The van der Waals surface area contributed by atoms with Gasteiger partial charge in [0, 0.05) is 11.6 Å². The van der Waals surface area contributed by atoms with Crippen molar-refractivity contribution in [2.45, 2.75) is 12.8 Å². The Bertz CT molecular complexity index is 921. The minimum absolute atomic E-state index is 0.132. The van der Waals surface area contributed by atoms with Crippen LogP contribution in [0.1, 0.15) is 18.4 Å². The Balaban J connectivity index is 1.92. The van der Waals surface area contributed by atoms with Gasteiger partial charge in [-0.05, 0) is 48.9 Å². The van der Waals surface area contributed by atoms with Gasteiger partial charge in [0.15, 0.2) is 5.41 Å². The van der Waals surface area contributed by atoms with Crippen molar-refractivity contribution < 1.29 is 23.5 Å². The molecule has 3 rings (SSSR count). The van der Waals surface area contributed by atoms with Gasteiger partial charge >= 0.3 is 5.97 Å². The zero-order valence-corrected chi connectivity index (χ0v) is 15.4. The summed E-state index contributed by atoms with van der Waals surface area (Å²) >= 11 is 0. The maximum atomic E-state index is 13.3. The molecule has 0 spiro atoms. The van der Waals surface area contributed by atoms with E-state index in [2.05, 4.69) is 5.32 Å². The lowest BCUT2D eigenvalue weighted by Crippen LogP contribution is -2.28. The highest BCUT2D eigenvalue weighted by Crippen LogP contribution is 2.65. The number of nitrogens with one attached hydrogen (secondary N) is 1. The summed E-state index contributed by atoms with van der Waals surface area (Å²) in [6.45, 7) is 1.78. The third-order valence-electron chi connectivity index (χ3n) is 4.88. The minimum Gasteiger partial charge on any atom is -0.497 e. The highest BCUT2D eigenvalue weighted by molar-refractivity contribution is 6.06. The molecule has 0 aromatic heterocycles. The molecule has 2 aromatic rings. The fourth-order valence-electron chi connectivity index (χ4n) is 3.45. The predicted octanol–water partition coefficient (Wildman–Crippen LogP) is 3.26. The average Bonchev–Trinajstić information content (AvgIpc) is 3.40. The van der Waals surface area contributed by atoms with Crippen LogP contribution in [0.15, 0.2) is 48.5 Å².